The van der Waals surface area contributed by atoms with E-state index in [0.717, 1.165) is 0 Å². The zero-order valence-electron chi connectivity index (χ0n) is 4.00. The second-order valence-electron chi connectivity index (χ2n) is 0.796. The molecule has 0 aliphatic rings. The van der Waals surface area contributed by atoms with Gasteiger partial charge in [0.2, 0.25) is 0 Å². The van der Waals surface area contributed by atoms with Gasteiger partial charge in [0.25, 0.3) is 0 Å². The number of hydrogen-bond acceptors (Lipinski definition) is 2. The molecule has 0 spiro atoms. The first kappa shape index (κ1) is 12.3. The van der Waals surface area contributed by atoms with Crippen molar-refractivity contribution < 1.29 is 29.2 Å². The van der Waals surface area contributed by atoms with Crippen LogP contribution in [0.15, 0.2) is 0 Å². The molecule has 0 aromatic rings. The van der Waals surface area contributed by atoms with E-state index in [1.54, 1.807) is 0 Å². The molecule has 0 rings (SSSR count). The Morgan fingerprint density at radius 3 is 1.11 bits per heavy atom. The molecule has 0 aromatic carbocycles. The maximum atomic E-state index is 8.88. The van der Waals surface area contributed by atoms with Crippen molar-refractivity contribution in [2.45, 2.75) is 0 Å². The average Bonchev–Trinajstić information content (AvgIpc) is 1.19. The van der Waals surface area contributed by atoms with Crippen molar-refractivity contribution in [2.24, 2.45) is 0 Å². The first-order chi connectivity index (χ1) is 3.73. The minimum absolute atomic E-state index is 3.79. The molecular formula is H5O7PSn. The first-order valence-corrected chi connectivity index (χ1v) is 6.72. The molecule has 0 aliphatic heterocycles. The molecule has 9 heteroatoms. The Kier molecular flexibility index (Phi) is 7.41. The van der Waals surface area contributed by atoms with Gasteiger partial charge in [-0.25, -0.2) is 4.57 Å². The van der Waals surface area contributed by atoms with E-state index < -0.39 is 28.4 Å². The molecule has 5 N–H and O–H groups in total. The van der Waals surface area contributed by atoms with Crippen LogP contribution in [0.3, 0.4) is 0 Å². The molecule has 0 bridgehead atoms. The van der Waals surface area contributed by atoms with Crippen molar-refractivity contribution in [1.29, 1.82) is 0 Å². The standard InChI is InChI=1S/H3O4P.2H2O.O.Sn/c1-5(2,3)4;;;;/h(H3,1,2,3,4);2*1H2;;/q;;;;+2/p-2. The van der Waals surface area contributed by atoms with Crippen LogP contribution in [-0.2, 0) is 7.64 Å². The van der Waals surface area contributed by atoms with Gasteiger partial charge in [0, 0.05) is 0 Å². The summed E-state index contributed by atoms with van der Waals surface area (Å²) in [5, 5.41) is 0. The fourth-order valence-electron chi connectivity index (χ4n) is 0. The van der Waals surface area contributed by atoms with E-state index in [1.165, 1.54) is 0 Å². The molecule has 0 atom stereocenters. The van der Waals surface area contributed by atoms with Crippen molar-refractivity contribution in [3.8, 4) is 0 Å². The molecule has 0 radical (unpaired) electrons. The molecule has 0 fully saturated rings. The zero-order valence-corrected chi connectivity index (χ0v) is 7.75. The van der Waals surface area contributed by atoms with Crippen molar-refractivity contribution in [1.82, 2.24) is 0 Å². The Morgan fingerprint density at radius 2 is 1.11 bits per heavy atom. The third-order valence-corrected chi connectivity index (χ3v) is 0. The third kappa shape index (κ3) is 959. The molecular weight excluding hydrogens is 262 g/mol. The quantitative estimate of drug-likeness (QED) is 0.241. The van der Waals surface area contributed by atoms with Crippen LogP contribution in [0, 0.1) is 0 Å². The van der Waals surface area contributed by atoms with E-state index in [0.29, 0.717) is 0 Å². The van der Waals surface area contributed by atoms with Gasteiger partial charge in [-0.05, 0) is 0 Å². The van der Waals surface area contributed by atoms with Crippen LogP contribution in [0.4, 0.5) is 0 Å². The Balaban J connectivity index is 0. The Hall–Kier alpha value is 0.629. The number of rotatable bonds is 0. The van der Waals surface area contributed by atoms with E-state index in [9.17, 15) is 0 Å². The Morgan fingerprint density at radius 1 is 1.11 bits per heavy atom. The molecule has 0 saturated heterocycles. The second-order valence-corrected chi connectivity index (χ2v) is 3.44. The summed E-state index contributed by atoms with van der Waals surface area (Å²) in [5.74, 6) is 0. The normalized spacial score (nSPS) is 9.44. The van der Waals surface area contributed by atoms with Crippen LogP contribution in [0.1, 0.15) is 0 Å². The second kappa shape index (κ2) is 5.42. The van der Waals surface area contributed by atoms with Gasteiger partial charge < -0.3 is 14.7 Å². The molecule has 7 nitrogen and oxygen atoms in total. The van der Waals surface area contributed by atoms with E-state index in [1.807, 2.05) is 0 Å². The van der Waals surface area contributed by atoms with Gasteiger partial charge in [0.1, 0.15) is 0 Å². The maximum absolute atomic E-state index is 8.88. The van der Waals surface area contributed by atoms with Gasteiger partial charge in [-0.3, -0.25) is 0 Å². The molecule has 0 saturated carbocycles. The fourth-order valence-corrected chi connectivity index (χ4v) is 0. The fraction of sp³-hybridized carbons (Fsp3) is 0. The van der Waals surface area contributed by atoms with Crippen molar-refractivity contribution >= 4 is 28.4 Å². The first-order valence-electron chi connectivity index (χ1n) is 1.43. The van der Waals surface area contributed by atoms with Crippen molar-refractivity contribution in [3.63, 3.8) is 0 Å². The summed E-state index contributed by atoms with van der Waals surface area (Å²) >= 11 is -3.79. The van der Waals surface area contributed by atoms with Gasteiger partial charge in [-0.1, -0.05) is 0 Å². The third-order valence-electron chi connectivity index (χ3n) is 0. The molecule has 0 aromatic heterocycles. The molecule has 0 unspecified atom stereocenters. The van der Waals surface area contributed by atoms with E-state index in [-0.39, 0.29) is 0 Å². The molecule has 0 aliphatic carbocycles. The summed E-state index contributed by atoms with van der Waals surface area (Å²) < 4.78 is 32.2. The number of hydrogen-bond donors (Lipinski definition) is 5. The number of phosphoric acid groups is 1. The van der Waals surface area contributed by atoms with Gasteiger partial charge in [0.05, 0.1) is 0 Å². The minimum atomic E-state index is -4.64. The van der Waals surface area contributed by atoms with Gasteiger partial charge >= 0.3 is 38.4 Å². The topological polar surface area (TPSA) is 135 Å². The molecule has 0 amide bonds. The molecule has 0 heterocycles. The average molecular weight is 267 g/mol. The van der Waals surface area contributed by atoms with E-state index >= 15 is 0 Å². The van der Waals surface area contributed by atoms with Crippen LogP contribution < -0.4 is 0 Å². The summed E-state index contributed by atoms with van der Waals surface area (Å²) in [6.07, 6.45) is 0. The summed E-state index contributed by atoms with van der Waals surface area (Å²) in [4.78, 5) is 21.6. The van der Waals surface area contributed by atoms with E-state index in [4.69, 9.17) is 29.2 Å². The Labute approximate surface area is 58.0 Å². The Bertz CT molecular complexity index is 109. The summed E-state index contributed by atoms with van der Waals surface area (Å²) in [5.41, 5.74) is 0. The van der Waals surface area contributed by atoms with Gasteiger partial charge in [-0.2, -0.15) is 0 Å². The summed E-state index contributed by atoms with van der Waals surface area (Å²) in [6.45, 7) is 0. The molecule has 56 valence electrons. The monoisotopic (exact) mass is 268 g/mol. The van der Waals surface area contributed by atoms with Crippen molar-refractivity contribution in [3.05, 3.63) is 0 Å². The summed E-state index contributed by atoms with van der Waals surface area (Å²) in [7, 11) is -4.64. The predicted octanol–water partition coefficient (Wildman–Crippen LogP) is -2.54. The van der Waals surface area contributed by atoms with Gasteiger partial charge in [-0.15, -0.1) is 0 Å². The molecule has 9 heavy (non-hydrogen) atoms. The van der Waals surface area contributed by atoms with Crippen molar-refractivity contribution in [2.75, 3.05) is 0 Å². The van der Waals surface area contributed by atoms with Gasteiger partial charge in [0.15, 0.2) is 0 Å². The summed E-state index contributed by atoms with van der Waals surface area (Å²) in [6, 6.07) is 0. The zero-order chi connectivity index (χ0) is 8.08. The van der Waals surface area contributed by atoms with Crippen LogP contribution in [0.5, 0.6) is 0 Å². The van der Waals surface area contributed by atoms with Crippen LogP contribution in [0.2, 0.25) is 0 Å². The SMILES string of the molecule is O=P(O)(O)O.[O]=[Sn]([OH])[OH]. The van der Waals surface area contributed by atoms with E-state index in [2.05, 4.69) is 0 Å². The predicted molar refractivity (Wildman–Crippen MR) is 25.1 cm³/mol. The van der Waals surface area contributed by atoms with Crippen LogP contribution in [0.25, 0.3) is 0 Å². The van der Waals surface area contributed by atoms with Crippen LogP contribution >= 0.6 is 7.82 Å². The van der Waals surface area contributed by atoms with Crippen LogP contribution in [-0.4, -0.2) is 42.1 Å².